The van der Waals surface area contributed by atoms with Crippen LogP contribution in [-0.4, -0.2) is 13.1 Å². The first-order chi connectivity index (χ1) is 8.75. The summed E-state index contributed by atoms with van der Waals surface area (Å²) in [6.07, 6.45) is 18.6. The van der Waals surface area contributed by atoms with Crippen LogP contribution in [0.3, 0.4) is 0 Å². The molecule has 1 nitrogen and oxygen atoms in total. The molecule has 100 valence electrons. The molecule has 0 amide bonds. The summed E-state index contributed by atoms with van der Waals surface area (Å²) in [5.74, 6) is 2.06. The van der Waals surface area contributed by atoms with Crippen LogP contribution in [0.1, 0.15) is 57.8 Å². The van der Waals surface area contributed by atoms with E-state index in [1.54, 1.807) is 0 Å². The standard InChI is InChI=1S/C17H27N/c1-18-14-3-2-13-6-7-17(15(13)5-4-14)11-10-16(12-17)8-9-16/h10-11,13-15,18H,2-9,12H2,1H3/t13?,14?,15-,17?/m0/s1. The van der Waals surface area contributed by atoms with Crippen molar-refractivity contribution in [1.29, 1.82) is 0 Å². The van der Waals surface area contributed by atoms with Gasteiger partial charge in [0.2, 0.25) is 0 Å². The molecule has 4 atom stereocenters. The highest BCUT2D eigenvalue weighted by Crippen LogP contribution is 2.67. The third kappa shape index (κ3) is 1.62. The molecule has 0 radical (unpaired) electrons. The van der Waals surface area contributed by atoms with Gasteiger partial charge in [0.1, 0.15) is 0 Å². The molecule has 4 rings (SSSR count). The minimum absolute atomic E-state index is 0.643. The van der Waals surface area contributed by atoms with Crippen LogP contribution < -0.4 is 5.32 Å². The second-order valence-corrected chi connectivity index (χ2v) is 7.65. The largest absolute Gasteiger partial charge is 0.317 e. The Kier molecular flexibility index (Phi) is 2.46. The molecule has 3 fully saturated rings. The van der Waals surface area contributed by atoms with Gasteiger partial charge in [0.05, 0.1) is 0 Å². The second-order valence-electron chi connectivity index (χ2n) is 7.65. The topological polar surface area (TPSA) is 12.0 Å². The first-order valence-corrected chi connectivity index (χ1v) is 8.13. The second kappa shape index (κ2) is 3.85. The zero-order valence-corrected chi connectivity index (χ0v) is 11.8. The van der Waals surface area contributed by atoms with Gasteiger partial charge in [0.15, 0.2) is 0 Å². The highest BCUT2D eigenvalue weighted by atomic mass is 14.9. The lowest BCUT2D eigenvalue weighted by atomic mass is 9.71. The molecule has 0 aromatic heterocycles. The molecule has 0 saturated heterocycles. The maximum absolute atomic E-state index is 3.52. The molecule has 1 N–H and O–H groups in total. The molecule has 1 heteroatoms. The van der Waals surface area contributed by atoms with Crippen molar-refractivity contribution >= 4 is 0 Å². The Morgan fingerprint density at radius 1 is 0.944 bits per heavy atom. The molecule has 3 unspecified atom stereocenters. The molecule has 18 heavy (non-hydrogen) atoms. The smallest absolute Gasteiger partial charge is 0.00642 e. The lowest BCUT2D eigenvalue weighted by molar-refractivity contribution is 0.195. The predicted molar refractivity (Wildman–Crippen MR) is 75.4 cm³/mol. The predicted octanol–water partition coefficient (Wildman–Crippen LogP) is 3.90. The van der Waals surface area contributed by atoms with Gasteiger partial charge in [0.25, 0.3) is 0 Å². The van der Waals surface area contributed by atoms with Crippen LogP contribution in [0.15, 0.2) is 12.2 Å². The van der Waals surface area contributed by atoms with Gasteiger partial charge in [0, 0.05) is 6.04 Å². The summed E-state index contributed by atoms with van der Waals surface area (Å²) in [5.41, 5.74) is 1.34. The molecule has 4 aliphatic carbocycles. The molecule has 4 aliphatic rings. The first kappa shape index (κ1) is 11.5. The van der Waals surface area contributed by atoms with E-state index in [4.69, 9.17) is 0 Å². The number of fused-ring (bicyclic) bond motifs is 2. The third-order valence-electron chi connectivity index (χ3n) is 6.75. The van der Waals surface area contributed by atoms with Crippen molar-refractivity contribution in [1.82, 2.24) is 5.32 Å². The molecule has 0 aromatic rings. The van der Waals surface area contributed by atoms with Crippen molar-refractivity contribution in [3.05, 3.63) is 12.2 Å². The Labute approximate surface area is 111 Å². The zero-order valence-electron chi connectivity index (χ0n) is 11.8. The van der Waals surface area contributed by atoms with Crippen molar-refractivity contribution in [2.75, 3.05) is 7.05 Å². The van der Waals surface area contributed by atoms with Gasteiger partial charge in [-0.2, -0.15) is 0 Å². The van der Waals surface area contributed by atoms with Gasteiger partial charge < -0.3 is 5.32 Å². The van der Waals surface area contributed by atoms with E-state index in [9.17, 15) is 0 Å². The quantitative estimate of drug-likeness (QED) is 0.691. The summed E-state index contributed by atoms with van der Waals surface area (Å²) < 4.78 is 0. The SMILES string of the molecule is CNC1CCC2CCC3(C=CC4(CC4)C3)[C@H]2CC1. The van der Waals surface area contributed by atoms with Crippen molar-refractivity contribution in [2.45, 2.75) is 63.8 Å². The summed E-state index contributed by atoms with van der Waals surface area (Å²) in [6, 6.07) is 0.799. The van der Waals surface area contributed by atoms with E-state index in [0.717, 1.165) is 17.9 Å². The average Bonchev–Trinajstić information content (AvgIpc) is 2.99. The Bertz CT molecular complexity index is 368. The average molecular weight is 245 g/mol. The maximum atomic E-state index is 3.52. The van der Waals surface area contributed by atoms with E-state index in [2.05, 4.69) is 24.5 Å². The summed E-state index contributed by atoms with van der Waals surface area (Å²) in [5, 5.41) is 3.52. The van der Waals surface area contributed by atoms with Gasteiger partial charge in [-0.3, -0.25) is 0 Å². The van der Waals surface area contributed by atoms with E-state index in [-0.39, 0.29) is 0 Å². The van der Waals surface area contributed by atoms with Crippen LogP contribution in [0.5, 0.6) is 0 Å². The summed E-state index contributed by atoms with van der Waals surface area (Å²) in [7, 11) is 2.15. The fourth-order valence-electron chi connectivity index (χ4n) is 5.45. The molecule has 0 aromatic carbocycles. The normalized spacial score (nSPS) is 48.6. The van der Waals surface area contributed by atoms with Crippen molar-refractivity contribution in [2.24, 2.45) is 22.7 Å². The van der Waals surface area contributed by atoms with Gasteiger partial charge >= 0.3 is 0 Å². The molecule has 0 aliphatic heterocycles. The monoisotopic (exact) mass is 245 g/mol. The fraction of sp³-hybridized carbons (Fsp3) is 0.882. The van der Waals surface area contributed by atoms with Crippen LogP contribution in [0.25, 0.3) is 0 Å². The summed E-state index contributed by atoms with van der Waals surface area (Å²) in [4.78, 5) is 0. The Balaban J connectivity index is 1.55. The van der Waals surface area contributed by atoms with E-state index in [1.807, 2.05) is 0 Å². The van der Waals surface area contributed by atoms with Crippen molar-refractivity contribution in [3.8, 4) is 0 Å². The molecular weight excluding hydrogens is 218 g/mol. The van der Waals surface area contributed by atoms with E-state index in [1.165, 1.54) is 57.8 Å². The fourth-order valence-corrected chi connectivity index (χ4v) is 5.45. The van der Waals surface area contributed by atoms with Crippen LogP contribution in [0, 0.1) is 22.7 Å². The molecular formula is C17H27N. The number of hydrogen-bond acceptors (Lipinski definition) is 1. The van der Waals surface area contributed by atoms with Crippen LogP contribution in [0.4, 0.5) is 0 Å². The molecule has 0 bridgehead atoms. The minimum atomic E-state index is 0.643. The minimum Gasteiger partial charge on any atom is -0.317 e. The highest BCUT2D eigenvalue weighted by molar-refractivity contribution is 5.25. The Hall–Kier alpha value is -0.300. The van der Waals surface area contributed by atoms with Crippen molar-refractivity contribution in [3.63, 3.8) is 0 Å². The zero-order chi connectivity index (χ0) is 12.2. The number of allylic oxidation sites excluding steroid dienone is 2. The van der Waals surface area contributed by atoms with Gasteiger partial charge in [-0.1, -0.05) is 12.2 Å². The summed E-state index contributed by atoms with van der Waals surface area (Å²) in [6.45, 7) is 0. The van der Waals surface area contributed by atoms with Crippen molar-refractivity contribution < 1.29 is 0 Å². The van der Waals surface area contributed by atoms with E-state index < -0.39 is 0 Å². The third-order valence-corrected chi connectivity index (χ3v) is 6.75. The Morgan fingerprint density at radius 3 is 2.50 bits per heavy atom. The lowest BCUT2D eigenvalue weighted by Gasteiger charge is -2.33. The van der Waals surface area contributed by atoms with Crippen LogP contribution in [-0.2, 0) is 0 Å². The first-order valence-electron chi connectivity index (χ1n) is 8.13. The molecule has 3 saturated carbocycles. The maximum Gasteiger partial charge on any atom is 0.00642 e. The van der Waals surface area contributed by atoms with Gasteiger partial charge in [-0.05, 0) is 87.5 Å². The highest BCUT2D eigenvalue weighted by Gasteiger charge is 2.57. The van der Waals surface area contributed by atoms with Gasteiger partial charge in [-0.15, -0.1) is 0 Å². The van der Waals surface area contributed by atoms with Gasteiger partial charge in [-0.25, -0.2) is 0 Å². The molecule has 2 spiro atoms. The molecule has 0 heterocycles. The summed E-state index contributed by atoms with van der Waals surface area (Å²) >= 11 is 0. The van der Waals surface area contributed by atoms with Crippen LogP contribution >= 0.6 is 0 Å². The van der Waals surface area contributed by atoms with Crippen LogP contribution in [0.2, 0.25) is 0 Å². The Morgan fingerprint density at radius 2 is 1.78 bits per heavy atom. The lowest BCUT2D eigenvalue weighted by Crippen LogP contribution is -2.27. The number of rotatable bonds is 1. The van der Waals surface area contributed by atoms with E-state index in [0.29, 0.717) is 10.8 Å². The van der Waals surface area contributed by atoms with E-state index >= 15 is 0 Å². The number of hydrogen-bond donors (Lipinski definition) is 1. The number of nitrogens with one attached hydrogen (secondary N) is 1.